The minimum absolute atomic E-state index is 0.155. The smallest absolute Gasteiger partial charge is 0.244 e. The Bertz CT molecular complexity index is 965. The molecule has 3 aromatic rings. The number of nitrogens with one attached hydrogen (secondary N) is 1. The number of thiazole rings is 1. The van der Waals surface area contributed by atoms with Crippen molar-refractivity contribution in [2.45, 2.75) is 13.5 Å². The van der Waals surface area contributed by atoms with Gasteiger partial charge in [-0.1, -0.05) is 41.9 Å². The third-order valence-corrected chi connectivity index (χ3v) is 5.48. The largest absolute Gasteiger partial charge is 0.497 e. The van der Waals surface area contributed by atoms with Crippen molar-refractivity contribution in [3.63, 3.8) is 0 Å². The van der Waals surface area contributed by atoms with Crippen LogP contribution in [0.5, 0.6) is 5.75 Å². The van der Waals surface area contributed by atoms with Crippen molar-refractivity contribution in [2.75, 3.05) is 7.11 Å². The lowest BCUT2D eigenvalue weighted by atomic mass is 10.2. The monoisotopic (exact) mass is 398 g/mol. The van der Waals surface area contributed by atoms with Crippen LogP contribution < -0.4 is 10.1 Å². The summed E-state index contributed by atoms with van der Waals surface area (Å²) in [6.45, 7) is 2.37. The molecule has 1 aromatic heterocycles. The van der Waals surface area contributed by atoms with Crippen molar-refractivity contribution >= 4 is 34.9 Å². The van der Waals surface area contributed by atoms with Crippen LogP contribution in [0.3, 0.4) is 0 Å². The van der Waals surface area contributed by atoms with Gasteiger partial charge in [0.25, 0.3) is 0 Å². The zero-order valence-electron chi connectivity index (χ0n) is 15.0. The highest BCUT2D eigenvalue weighted by molar-refractivity contribution is 7.15. The molecule has 4 nitrogen and oxygen atoms in total. The second-order valence-electron chi connectivity index (χ2n) is 5.83. The summed E-state index contributed by atoms with van der Waals surface area (Å²) < 4.78 is 5.12. The molecular weight excluding hydrogens is 380 g/mol. The average molecular weight is 399 g/mol. The van der Waals surface area contributed by atoms with Gasteiger partial charge in [0.1, 0.15) is 10.8 Å². The predicted octanol–water partition coefficient (Wildman–Crippen LogP) is 5.11. The normalized spacial score (nSPS) is 10.9. The van der Waals surface area contributed by atoms with Gasteiger partial charge < -0.3 is 10.1 Å². The van der Waals surface area contributed by atoms with Crippen LogP contribution in [-0.2, 0) is 11.3 Å². The topological polar surface area (TPSA) is 51.2 Å². The maximum atomic E-state index is 12.1. The lowest BCUT2D eigenvalue weighted by Crippen LogP contribution is -2.20. The number of nitrogens with zero attached hydrogens (tertiary/aromatic N) is 1. The van der Waals surface area contributed by atoms with E-state index in [0.717, 1.165) is 32.5 Å². The number of ether oxygens (including phenoxy) is 1. The maximum Gasteiger partial charge on any atom is 0.244 e. The molecule has 0 bridgehead atoms. The van der Waals surface area contributed by atoms with E-state index in [1.54, 1.807) is 13.2 Å². The Hall–Kier alpha value is -2.63. The van der Waals surface area contributed by atoms with Gasteiger partial charge >= 0.3 is 0 Å². The molecule has 0 aliphatic heterocycles. The van der Waals surface area contributed by atoms with Gasteiger partial charge in [0.05, 0.1) is 24.4 Å². The summed E-state index contributed by atoms with van der Waals surface area (Å²) in [5.74, 6) is 0.629. The van der Waals surface area contributed by atoms with Crippen molar-refractivity contribution in [1.29, 1.82) is 0 Å². The van der Waals surface area contributed by atoms with E-state index >= 15 is 0 Å². The number of benzene rings is 2. The van der Waals surface area contributed by atoms with E-state index in [4.69, 9.17) is 16.3 Å². The minimum Gasteiger partial charge on any atom is -0.497 e. The number of aryl methyl sites for hydroxylation is 1. The molecule has 1 amide bonds. The molecule has 0 fully saturated rings. The van der Waals surface area contributed by atoms with Crippen molar-refractivity contribution < 1.29 is 9.53 Å². The summed E-state index contributed by atoms with van der Waals surface area (Å²) in [5.41, 5.74) is 2.74. The second kappa shape index (κ2) is 8.84. The fourth-order valence-corrected chi connectivity index (χ4v) is 3.78. The van der Waals surface area contributed by atoms with Gasteiger partial charge in [-0.15, -0.1) is 11.3 Å². The molecule has 6 heteroatoms. The Labute approximate surface area is 167 Å². The summed E-state index contributed by atoms with van der Waals surface area (Å²) in [7, 11) is 1.62. The van der Waals surface area contributed by atoms with Crippen LogP contribution in [0.15, 0.2) is 54.6 Å². The molecule has 0 saturated carbocycles. The molecule has 0 radical (unpaired) electrons. The first kappa shape index (κ1) is 19.1. The number of methoxy groups -OCH3 is 1. The maximum absolute atomic E-state index is 12.1. The summed E-state index contributed by atoms with van der Waals surface area (Å²) >= 11 is 7.79. The van der Waals surface area contributed by atoms with Crippen LogP contribution in [0.25, 0.3) is 16.6 Å². The number of rotatable bonds is 6. The first-order chi connectivity index (χ1) is 13.1. The Balaban J connectivity index is 1.62. The Kier molecular flexibility index (Phi) is 6.27. The molecular formula is C21H19ClN2O2S. The van der Waals surface area contributed by atoms with Gasteiger partial charge in [0.15, 0.2) is 0 Å². The molecule has 0 saturated heterocycles. The van der Waals surface area contributed by atoms with Gasteiger partial charge in [-0.2, -0.15) is 0 Å². The standard InChI is InChI=1S/C21H19ClN2O2S/c1-14-19(27-21(24-14)17-5-3-4-6-18(17)22)13-23-20(25)12-9-15-7-10-16(26-2)11-8-15/h3-12H,13H2,1-2H3,(H,23,25)/b12-9+. The first-order valence-electron chi connectivity index (χ1n) is 8.38. The molecule has 138 valence electrons. The fourth-order valence-electron chi connectivity index (χ4n) is 2.46. The van der Waals surface area contributed by atoms with Crippen LogP contribution >= 0.6 is 22.9 Å². The number of carbonyl (C=O) groups excluding carboxylic acids is 1. The van der Waals surface area contributed by atoms with Crippen LogP contribution in [0.4, 0.5) is 0 Å². The van der Waals surface area contributed by atoms with Crippen molar-refractivity contribution in [1.82, 2.24) is 10.3 Å². The van der Waals surface area contributed by atoms with Gasteiger partial charge in [-0.3, -0.25) is 4.79 Å². The highest BCUT2D eigenvalue weighted by Crippen LogP contribution is 2.32. The number of amides is 1. The van der Waals surface area contributed by atoms with E-state index in [2.05, 4.69) is 10.3 Å². The summed E-state index contributed by atoms with van der Waals surface area (Å²) in [6.07, 6.45) is 3.29. The SMILES string of the molecule is COc1ccc(/C=C/C(=O)NCc2sc(-c3ccccc3Cl)nc2C)cc1. The molecule has 1 heterocycles. The molecule has 0 unspecified atom stereocenters. The Morgan fingerprint density at radius 3 is 2.67 bits per heavy atom. The molecule has 0 aliphatic rings. The van der Waals surface area contributed by atoms with Crippen LogP contribution in [0.2, 0.25) is 5.02 Å². The van der Waals surface area contributed by atoms with E-state index < -0.39 is 0 Å². The molecule has 27 heavy (non-hydrogen) atoms. The van der Waals surface area contributed by atoms with E-state index in [1.165, 1.54) is 17.4 Å². The number of carbonyl (C=O) groups is 1. The Morgan fingerprint density at radius 2 is 1.96 bits per heavy atom. The van der Waals surface area contributed by atoms with Crippen molar-refractivity contribution in [3.05, 3.63) is 75.8 Å². The summed E-state index contributed by atoms with van der Waals surface area (Å²) in [5, 5.41) is 4.43. The fraction of sp³-hybridized carbons (Fsp3) is 0.143. The average Bonchev–Trinajstić information content (AvgIpc) is 3.06. The van der Waals surface area contributed by atoms with Gasteiger partial charge in [-0.05, 0) is 36.8 Å². The second-order valence-corrected chi connectivity index (χ2v) is 7.32. The molecule has 0 aliphatic carbocycles. The molecule has 2 aromatic carbocycles. The Morgan fingerprint density at radius 1 is 1.22 bits per heavy atom. The quantitative estimate of drug-likeness (QED) is 0.587. The zero-order chi connectivity index (χ0) is 19.2. The minimum atomic E-state index is -0.155. The third kappa shape index (κ3) is 4.96. The van der Waals surface area contributed by atoms with Crippen LogP contribution in [0, 0.1) is 6.92 Å². The van der Waals surface area contributed by atoms with Crippen molar-refractivity contribution in [2.24, 2.45) is 0 Å². The summed E-state index contributed by atoms with van der Waals surface area (Å²) in [6, 6.07) is 15.1. The summed E-state index contributed by atoms with van der Waals surface area (Å²) in [4.78, 5) is 17.7. The van der Waals surface area contributed by atoms with Crippen LogP contribution in [-0.4, -0.2) is 18.0 Å². The number of halogens is 1. The number of aromatic nitrogens is 1. The lowest BCUT2D eigenvalue weighted by Gasteiger charge is -2.01. The van der Waals surface area contributed by atoms with Crippen LogP contribution in [0.1, 0.15) is 16.1 Å². The highest BCUT2D eigenvalue weighted by atomic mass is 35.5. The molecule has 0 spiro atoms. The molecule has 0 atom stereocenters. The van der Waals surface area contributed by atoms with Gasteiger partial charge in [0, 0.05) is 16.5 Å². The molecule has 1 N–H and O–H groups in total. The highest BCUT2D eigenvalue weighted by Gasteiger charge is 2.12. The van der Waals surface area contributed by atoms with E-state index in [0.29, 0.717) is 11.6 Å². The first-order valence-corrected chi connectivity index (χ1v) is 9.57. The number of hydrogen-bond acceptors (Lipinski definition) is 4. The van der Waals surface area contributed by atoms with E-state index in [-0.39, 0.29) is 5.91 Å². The zero-order valence-corrected chi connectivity index (χ0v) is 16.6. The van der Waals surface area contributed by atoms with E-state index in [9.17, 15) is 4.79 Å². The number of hydrogen-bond donors (Lipinski definition) is 1. The third-order valence-electron chi connectivity index (χ3n) is 3.96. The van der Waals surface area contributed by atoms with Gasteiger partial charge in [0.2, 0.25) is 5.91 Å². The lowest BCUT2D eigenvalue weighted by molar-refractivity contribution is -0.116. The van der Waals surface area contributed by atoms with Gasteiger partial charge in [-0.25, -0.2) is 4.98 Å². The predicted molar refractivity (Wildman–Crippen MR) is 111 cm³/mol. The van der Waals surface area contributed by atoms with Crippen molar-refractivity contribution in [3.8, 4) is 16.3 Å². The van der Waals surface area contributed by atoms with E-state index in [1.807, 2.05) is 55.5 Å². The molecule has 3 rings (SSSR count).